The molecule has 1 fully saturated rings. The van der Waals surface area contributed by atoms with Crippen LogP contribution in [0.25, 0.3) is 0 Å². The van der Waals surface area contributed by atoms with Gasteiger partial charge in [0.2, 0.25) is 11.8 Å². The number of carbonyl (C=O) groups is 2. The standard InChI is InChI=1S/C31H32Cl2F3N3O4S/c1-20-13-15-25(16-14-20)44(42,43)39(24-10-5-7-22(17-24)31(34,35)36)19-29(40)38(18-26-27(32)11-6-12-28(26)33)21(2)30(41)37-23-8-3-4-9-23/h5-7,10-17,21,23H,3-4,8-9,18-19H2,1-2H3,(H,37,41). The topological polar surface area (TPSA) is 86.8 Å². The van der Waals surface area contributed by atoms with Gasteiger partial charge in [-0.05, 0) is 69.2 Å². The van der Waals surface area contributed by atoms with Gasteiger partial charge < -0.3 is 10.2 Å². The first kappa shape index (κ1) is 33.6. The van der Waals surface area contributed by atoms with Crippen molar-refractivity contribution in [3.05, 3.63) is 93.5 Å². The highest BCUT2D eigenvalue weighted by atomic mass is 35.5. The second-order valence-corrected chi connectivity index (χ2v) is 13.4. The number of rotatable bonds is 10. The minimum Gasteiger partial charge on any atom is -0.352 e. The quantitative estimate of drug-likeness (QED) is 0.252. The molecule has 2 amide bonds. The molecule has 0 radical (unpaired) electrons. The summed E-state index contributed by atoms with van der Waals surface area (Å²) in [5, 5.41) is 3.39. The molecular formula is C31H32Cl2F3N3O4S. The number of benzene rings is 3. The van der Waals surface area contributed by atoms with Crippen LogP contribution in [0.5, 0.6) is 0 Å². The van der Waals surface area contributed by atoms with Crippen molar-refractivity contribution in [2.24, 2.45) is 0 Å². The normalized spacial score (nSPS) is 14.7. The fraction of sp³-hybridized carbons (Fsp3) is 0.355. The van der Waals surface area contributed by atoms with Crippen LogP contribution in [0.1, 0.15) is 49.3 Å². The molecule has 0 aromatic heterocycles. The molecule has 0 aliphatic heterocycles. The van der Waals surface area contributed by atoms with Gasteiger partial charge in [0, 0.05) is 28.2 Å². The molecule has 1 aliphatic carbocycles. The Kier molecular flexibility index (Phi) is 10.5. The van der Waals surface area contributed by atoms with Gasteiger partial charge in [-0.3, -0.25) is 13.9 Å². The first-order valence-electron chi connectivity index (χ1n) is 14.0. The molecule has 13 heteroatoms. The van der Waals surface area contributed by atoms with Gasteiger partial charge in [0.15, 0.2) is 0 Å². The summed E-state index contributed by atoms with van der Waals surface area (Å²) >= 11 is 12.8. The summed E-state index contributed by atoms with van der Waals surface area (Å²) in [6, 6.07) is 13.0. The van der Waals surface area contributed by atoms with Crippen LogP contribution >= 0.6 is 23.2 Å². The Balaban J connectivity index is 1.76. The monoisotopic (exact) mass is 669 g/mol. The Morgan fingerprint density at radius 2 is 1.57 bits per heavy atom. The number of anilines is 1. The van der Waals surface area contributed by atoms with Gasteiger partial charge in [0.25, 0.3) is 10.0 Å². The fourth-order valence-corrected chi connectivity index (χ4v) is 6.95. The van der Waals surface area contributed by atoms with Crippen molar-refractivity contribution < 1.29 is 31.2 Å². The van der Waals surface area contributed by atoms with E-state index in [4.69, 9.17) is 23.2 Å². The molecule has 236 valence electrons. The summed E-state index contributed by atoms with van der Waals surface area (Å²) in [7, 11) is -4.55. The highest BCUT2D eigenvalue weighted by Crippen LogP contribution is 2.34. The summed E-state index contributed by atoms with van der Waals surface area (Å²) in [5.74, 6) is -1.30. The number of sulfonamides is 1. The molecule has 1 atom stereocenters. The van der Waals surface area contributed by atoms with Gasteiger partial charge in [-0.1, -0.05) is 65.9 Å². The molecule has 1 aliphatic rings. The van der Waals surface area contributed by atoms with Crippen LogP contribution in [-0.2, 0) is 32.3 Å². The maximum absolute atomic E-state index is 14.1. The van der Waals surface area contributed by atoms with E-state index in [9.17, 15) is 31.2 Å². The maximum atomic E-state index is 14.1. The molecule has 1 saturated carbocycles. The van der Waals surface area contributed by atoms with Crippen LogP contribution in [0.4, 0.5) is 18.9 Å². The summed E-state index contributed by atoms with van der Waals surface area (Å²) in [4.78, 5) is 28.3. The van der Waals surface area contributed by atoms with Gasteiger partial charge in [-0.25, -0.2) is 8.42 Å². The highest BCUT2D eigenvalue weighted by molar-refractivity contribution is 7.92. The van der Waals surface area contributed by atoms with E-state index in [1.165, 1.54) is 25.1 Å². The lowest BCUT2D eigenvalue weighted by Gasteiger charge is -2.33. The third-order valence-electron chi connectivity index (χ3n) is 7.61. The minimum absolute atomic E-state index is 0.0608. The van der Waals surface area contributed by atoms with Gasteiger partial charge in [0.1, 0.15) is 12.6 Å². The van der Waals surface area contributed by atoms with Crippen molar-refractivity contribution in [1.29, 1.82) is 0 Å². The van der Waals surface area contributed by atoms with E-state index in [-0.39, 0.29) is 33.2 Å². The summed E-state index contributed by atoms with van der Waals surface area (Å²) in [6.07, 6.45) is -1.26. The van der Waals surface area contributed by atoms with Crippen molar-refractivity contribution in [2.75, 3.05) is 10.8 Å². The molecule has 3 aromatic carbocycles. The van der Waals surface area contributed by atoms with Crippen molar-refractivity contribution >= 4 is 50.7 Å². The van der Waals surface area contributed by atoms with Crippen molar-refractivity contribution in [3.8, 4) is 0 Å². The van der Waals surface area contributed by atoms with Crippen molar-refractivity contribution in [1.82, 2.24) is 10.2 Å². The number of hydrogen-bond donors (Lipinski definition) is 1. The summed E-state index contributed by atoms with van der Waals surface area (Å²) in [6.45, 7) is 2.09. The smallest absolute Gasteiger partial charge is 0.352 e. The van der Waals surface area contributed by atoms with Crippen molar-refractivity contribution in [2.45, 2.75) is 69.2 Å². The molecule has 7 nitrogen and oxygen atoms in total. The molecular weight excluding hydrogens is 638 g/mol. The first-order valence-corrected chi connectivity index (χ1v) is 16.2. The number of nitrogens with zero attached hydrogens (tertiary/aromatic N) is 2. The minimum atomic E-state index is -4.76. The van der Waals surface area contributed by atoms with E-state index in [0.717, 1.165) is 48.3 Å². The Hall–Kier alpha value is -3.28. The largest absolute Gasteiger partial charge is 0.416 e. The van der Waals surface area contributed by atoms with Crippen LogP contribution in [0.15, 0.2) is 71.6 Å². The highest BCUT2D eigenvalue weighted by Gasteiger charge is 2.36. The van der Waals surface area contributed by atoms with E-state index < -0.39 is 46.2 Å². The molecule has 44 heavy (non-hydrogen) atoms. The number of nitrogens with one attached hydrogen (secondary N) is 1. The zero-order valence-electron chi connectivity index (χ0n) is 24.1. The van der Waals surface area contributed by atoms with Crippen LogP contribution in [0.2, 0.25) is 10.0 Å². The lowest BCUT2D eigenvalue weighted by molar-refractivity contribution is -0.139. The molecule has 0 spiro atoms. The zero-order chi connectivity index (χ0) is 32.2. The number of alkyl halides is 3. The predicted molar refractivity (Wildman–Crippen MR) is 164 cm³/mol. The van der Waals surface area contributed by atoms with Gasteiger partial charge in [-0.2, -0.15) is 13.2 Å². The molecule has 0 heterocycles. The summed E-state index contributed by atoms with van der Waals surface area (Å²) < 4.78 is 69.4. The zero-order valence-corrected chi connectivity index (χ0v) is 26.4. The Morgan fingerprint density at radius 1 is 0.977 bits per heavy atom. The van der Waals surface area contributed by atoms with E-state index in [0.29, 0.717) is 15.9 Å². The second-order valence-electron chi connectivity index (χ2n) is 10.8. The van der Waals surface area contributed by atoms with Crippen LogP contribution in [0, 0.1) is 6.92 Å². The third kappa shape index (κ3) is 7.86. The Morgan fingerprint density at radius 3 is 2.16 bits per heavy atom. The molecule has 3 aromatic rings. The Labute approximate surface area is 265 Å². The fourth-order valence-electron chi connectivity index (χ4n) is 5.03. The number of amides is 2. The average Bonchev–Trinajstić information content (AvgIpc) is 3.48. The number of halogens is 5. The molecule has 0 bridgehead atoms. The predicted octanol–water partition coefficient (Wildman–Crippen LogP) is 6.99. The van der Waals surface area contributed by atoms with E-state index in [1.807, 2.05) is 0 Å². The molecule has 1 N–H and O–H groups in total. The van der Waals surface area contributed by atoms with E-state index in [1.54, 1.807) is 37.3 Å². The van der Waals surface area contributed by atoms with Gasteiger partial charge in [-0.15, -0.1) is 0 Å². The number of carbonyl (C=O) groups excluding carboxylic acids is 2. The van der Waals surface area contributed by atoms with Crippen molar-refractivity contribution in [3.63, 3.8) is 0 Å². The SMILES string of the molecule is Cc1ccc(S(=O)(=O)N(CC(=O)N(Cc2c(Cl)cccc2Cl)C(C)C(=O)NC2CCCC2)c2cccc(C(F)(F)F)c2)cc1. The average molecular weight is 671 g/mol. The molecule has 1 unspecified atom stereocenters. The molecule has 0 saturated heterocycles. The lowest BCUT2D eigenvalue weighted by atomic mass is 10.1. The van der Waals surface area contributed by atoms with E-state index in [2.05, 4.69) is 5.32 Å². The molecule has 4 rings (SSSR count). The van der Waals surface area contributed by atoms with Crippen LogP contribution in [0.3, 0.4) is 0 Å². The maximum Gasteiger partial charge on any atom is 0.416 e. The lowest BCUT2D eigenvalue weighted by Crippen LogP contribution is -2.52. The van der Waals surface area contributed by atoms with Crippen LogP contribution in [-0.4, -0.2) is 43.8 Å². The number of aryl methyl sites for hydroxylation is 1. The second kappa shape index (κ2) is 13.8. The Bertz CT molecular complexity index is 1590. The van der Waals surface area contributed by atoms with Crippen LogP contribution < -0.4 is 9.62 Å². The number of hydrogen-bond acceptors (Lipinski definition) is 4. The van der Waals surface area contributed by atoms with E-state index >= 15 is 0 Å². The summed E-state index contributed by atoms with van der Waals surface area (Å²) in [5.41, 5.74) is -0.365. The van der Waals surface area contributed by atoms with Gasteiger partial charge >= 0.3 is 6.18 Å². The third-order valence-corrected chi connectivity index (χ3v) is 10.1. The first-order chi connectivity index (χ1) is 20.7. The van der Waals surface area contributed by atoms with Gasteiger partial charge in [0.05, 0.1) is 16.1 Å².